The Labute approximate surface area is 258 Å². The molecule has 0 amide bonds. The Hall–Kier alpha value is -3.97. The minimum Gasteiger partial charge on any atom is -0.481 e. The molecule has 4 aromatic carbocycles. The van der Waals surface area contributed by atoms with Gasteiger partial charge in [-0.1, -0.05) is 90.5 Å². The molecule has 43 heavy (non-hydrogen) atoms. The lowest BCUT2D eigenvalue weighted by Crippen LogP contribution is -2.30. The average Bonchev–Trinajstić information content (AvgIpc) is 3.01. The van der Waals surface area contributed by atoms with Crippen LogP contribution in [0.3, 0.4) is 0 Å². The van der Waals surface area contributed by atoms with Crippen molar-refractivity contribution in [1.29, 1.82) is 0 Å². The number of aromatic carboxylic acids is 1. The number of hydrogen-bond donors (Lipinski definition) is 2. The van der Waals surface area contributed by atoms with E-state index in [-0.39, 0.29) is 18.1 Å². The van der Waals surface area contributed by atoms with Crippen molar-refractivity contribution in [1.82, 2.24) is 4.90 Å². The highest BCUT2D eigenvalue weighted by atomic mass is 35.5. The van der Waals surface area contributed by atoms with Crippen LogP contribution < -0.4 is 0 Å². The van der Waals surface area contributed by atoms with Crippen molar-refractivity contribution in [3.63, 3.8) is 0 Å². The van der Waals surface area contributed by atoms with Gasteiger partial charge in [-0.3, -0.25) is 9.69 Å². The van der Waals surface area contributed by atoms with Crippen molar-refractivity contribution in [2.45, 2.75) is 51.4 Å². The summed E-state index contributed by atoms with van der Waals surface area (Å²) in [4.78, 5) is 24.6. The van der Waals surface area contributed by atoms with E-state index in [1.807, 2.05) is 42.5 Å². The first kappa shape index (κ1) is 32.0. The number of carboxylic acids is 2. The van der Waals surface area contributed by atoms with Crippen molar-refractivity contribution >= 4 is 23.5 Å². The summed E-state index contributed by atoms with van der Waals surface area (Å²) >= 11 is 6.36. The maximum Gasteiger partial charge on any atom is 0.335 e. The number of halogens is 1. The second kappa shape index (κ2) is 16.6. The molecule has 0 spiro atoms. The van der Waals surface area contributed by atoms with Crippen LogP contribution in [0.25, 0.3) is 0 Å². The van der Waals surface area contributed by atoms with Gasteiger partial charge in [-0.15, -0.1) is 0 Å². The van der Waals surface area contributed by atoms with E-state index < -0.39 is 11.9 Å². The second-order valence-corrected chi connectivity index (χ2v) is 11.2. The van der Waals surface area contributed by atoms with Gasteiger partial charge < -0.3 is 14.9 Å². The standard InChI is InChI=1S/C36H38ClNO5/c37-33-10-6-9-32(23-33)34(43-26-30-16-14-28(15-17-30)13-12-27-7-2-1-3-8-27)25-38(22-5-4-11-35(39)40)24-29-18-20-31(21-19-29)36(41)42/h1-3,6-10,14-21,23,34H,4-5,11-13,22,24-26H2,(H,39,40)(H,41,42). The zero-order chi connectivity index (χ0) is 30.4. The second-order valence-electron chi connectivity index (χ2n) is 10.7. The molecule has 7 heteroatoms. The first-order chi connectivity index (χ1) is 20.9. The number of hydrogen-bond acceptors (Lipinski definition) is 4. The summed E-state index contributed by atoms with van der Waals surface area (Å²) in [5, 5.41) is 19.0. The van der Waals surface area contributed by atoms with E-state index >= 15 is 0 Å². The number of carbonyl (C=O) groups is 2. The van der Waals surface area contributed by atoms with Crippen molar-refractivity contribution in [3.8, 4) is 0 Å². The van der Waals surface area contributed by atoms with Crippen LogP contribution in [0, 0.1) is 0 Å². The van der Waals surface area contributed by atoms with Gasteiger partial charge in [0.25, 0.3) is 0 Å². The lowest BCUT2D eigenvalue weighted by molar-refractivity contribution is -0.137. The monoisotopic (exact) mass is 599 g/mol. The van der Waals surface area contributed by atoms with Gasteiger partial charge >= 0.3 is 11.9 Å². The van der Waals surface area contributed by atoms with Gasteiger partial charge in [-0.25, -0.2) is 4.79 Å². The first-order valence-corrected chi connectivity index (χ1v) is 15.0. The minimum absolute atomic E-state index is 0.122. The Morgan fingerprint density at radius 1 is 0.744 bits per heavy atom. The van der Waals surface area contributed by atoms with Crippen LogP contribution in [-0.2, 0) is 35.5 Å². The van der Waals surface area contributed by atoms with E-state index in [2.05, 4.69) is 53.4 Å². The summed E-state index contributed by atoms with van der Waals surface area (Å²) in [6.07, 6.45) is 3.09. The fraction of sp³-hybridized carbons (Fsp3) is 0.278. The molecule has 0 saturated heterocycles. The lowest BCUT2D eigenvalue weighted by atomic mass is 10.0. The number of unbranched alkanes of at least 4 members (excludes halogenated alkanes) is 1. The zero-order valence-electron chi connectivity index (χ0n) is 24.2. The summed E-state index contributed by atoms with van der Waals surface area (Å²) in [6.45, 7) is 2.23. The van der Waals surface area contributed by atoms with Crippen molar-refractivity contribution in [2.24, 2.45) is 0 Å². The van der Waals surface area contributed by atoms with Gasteiger partial charge in [-0.2, -0.15) is 0 Å². The largest absolute Gasteiger partial charge is 0.481 e. The zero-order valence-corrected chi connectivity index (χ0v) is 25.0. The number of rotatable bonds is 17. The summed E-state index contributed by atoms with van der Waals surface area (Å²) in [5.74, 6) is -1.77. The summed E-state index contributed by atoms with van der Waals surface area (Å²) < 4.78 is 6.53. The molecule has 0 aliphatic rings. The van der Waals surface area contributed by atoms with Crippen LogP contribution in [0.15, 0.2) is 103 Å². The highest BCUT2D eigenvalue weighted by molar-refractivity contribution is 6.30. The van der Waals surface area contributed by atoms with E-state index in [1.165, 1.54) is 11.1 Å². The smallest absolute Gasteiger partial charge is 0.335 e. The molecule has 6 nitrogen and oxygen atoms in total. The van der Waals surface area contributed by atoms with Gasteiger partial charge in [0.15, 0.2) is 0 Å². The summed E-state index contributed by atoms with van der Waals surface area (Å²) in [7, 11) is 0. The first-order valence-electron chi connectivity index (χ1n) is 14.6. The van der Waals surface area contributed by atoms with Gasteiger partial charge in [0, 0.05) is 24.5 Å². The van der Waals surface area contributed by atoms with Gasteiger partial charge in [-0.05, 0) is 84.3 Å². The molecule has 4 rings (SSSR count). The Bertz CT molecular complexity index is 1440. The number of aryl methyl sites for hydroxylation is 2. The van der Waals surface area contributed by atoms with Crippen molar-refractivity contribution < 1.29 is 24.5 Å². The SMILES string of the molecule is O=C(O)CCCCN(Cc1ccc(C(=O)O)cc1)CC(OCc1ccc(CCc2ccccc2)cc1)c1cccc(Cl)c1. The molecule has 0 aliphatic heterocycles. The summed E-state index contributed by atoms with van der Waals surface area (Å²) in [5.41, 5.74) is 5.85. The van der Waals surface area contributed by atoms with Crippen LogP contribution >= 0.6 is 11.6 Å². The van der Waals surface area contributed by atoms with E-state index in [1.54, 1.807) is 12.1 Å². The Morgan fingerprint density at radius 2 is 1.40 bits per heavy atom. The number of nitrogens with zero attached hydrogens (tertiary/aromatic N) is 1. The third-order valence-electron chi connectivity index (χ3n) is 7.39. The number of aliphatic carboxylic acids is 1. The predicted molar refractivity (Wildman–Crippen MR) is 169 cm³/mol. The normalized spacial score (nSPS) is 11.9. The van der Waals surface area contributed by atoms with Crippen LogP contribution in [0.5, 0.6) is 0 Å². The van der Waals surface area contributed by atoms with Crippen LogP contribution in [-0.4, -0.2) is 40.1 Å². The maximum absolute atomic E-state index is 11.3. The van der Waals surface area contributed by atoms with Crippen molar-refractivity contribution in [3.05, 3.63) is 142 Å². The molecule has 0 radical (unpaired) electrons. The van der Waals surface area contributed by atoms with Crippen LogP contribution in [0.4, 0.5) is 0 Å². The molecule has 0 heterocycles. The van der Waals surface area contributed by atoms with E-state index in [4.69, 9.17) is 21.4 Å². The molecule has 4 aromatic rings. The van der Waals surface area contributed by atoms with E-state index in [9.17, 15) is 14.7 Å². The topological polar surface area (TPSA) is 87.1 Å². The number of carboxylic acid groups (broad SMARTS) is 2. The Morgan fingerprint density at radius 3 is 2.05 bits per heavy atom. The van der Waals surface area contributed by atoms with Gasteiger partial charge in [0.05, 0.1) is 18.3 Å². The predicted octanol–water partition coefficient (Wildman–Crippen LogP) is 7.84. The molecule has 0 saturated carbocycles. The Balaban J connectivity index is 1.45. The highest BCUT2D eigenvalue weighted by Gasteiger charge is 2.19. The third kappa shape index (κ3) is 11.0. The highest BCUT2D eigenvalue weighted by Crippen LogP contribution is 2.25. The molecular weight excluding hydrogens is 562 g/mol. The van der Waals surface area contributed by atoms with Crippen LogP contribution in [0.1, 0.15) is 63.5 Å². The third-order valence-corrected chi connectivity index (χ3v) is 7.62. The minimum atomic E-state index is -0.962. The van der Waals surface area contributed by atoms with Crippen molar-refractivity contribution in [2.75, 3.05) is 13.1 Å². The lowest BCUT2D eigenvalue weighted by Gasteiger charge is -2.28. The molecule has 1 atom stereocenters. The van der Waals surface area contributed by atoms with E-state index in [0.717, 1.165) is 29.5 Å². The molecule has 0 aliphatic carbocycles. The molecule has 224 valence electrons. The molecule has 2 N–H and O–H groups in total. The summed E-state index contributed by atoms with van der Waals surface area (Å²) in [6, 6.07) is 33.6. The van der Waals surface area contributed by atoms with Gasteiger partial charge in [0.2, 0.25) is 0 Å². The van der Waals surface area contributed by atoms with Gasteiger partial charge in [0.1, 0.15) is 0 Å². The quantitative estimate of drug-likeness (QED) is 0.120. The number of ether oxygens (including phenoxy) is 1. The maximum atomic E-state index is 11.3. The average molecular weight is 600 g/mol. The molecule has 0 bridgehead atoms. The number of benzene rings is 4. The molecule has 0 aromatic heterocycles. The fourth-order valence-electron chi connectivity index (χ4n) is 4.99. The molecular formula is C36H38ClNO5. The van der Waals surface area contributed by atoms with Crippen LogP contribution in [0.2, 0.25) is 5.02 Å². The fourth-order valence-corrected chi connectivity index (χ4v) is 5.18. The van der Waals surface area contributed by atoms with E-state index in [0.29, 0.717) is 44.1 Å². The molecule has 1 unspecified atom stereocenters. The Kier molecular flexibility index (Phi) is 12.3. The molecule has 0 fully saturated rings.